The Morgan fingerprint density at radius 3 is 2.33 bits per heavy atom. The lowest BCUT2D eigenvalue weighted by molar-refractivity contribution is -0.122. The Morgan fingerprint density at radius 1 is 1.10 bits per heavy atom. The highest BCUT2D eigenvalue weighted by Gasteiger charge is 2.16. The summed E-state index contributed by atoms with van der Waals surface area (Å²) in [6.07, 6.45) is -0.720. The van der Waals surface area contributed by atoms with Crippen molar-refractivity contribution in [2.75, 3.05) is 5.32 Å². The SMILES string of the molecule is CC(Oc1ccccc1Cl)C(=O)Nc1cc(Cl)cc(Cl)c1. The Hall–Kier alpha value is -1.42. The lowest BCUT2D eigenvalue weighted by atomic mass is 10.3. The first-order chi connectivity index (χ1) is 9.95. The average molecular weight is 345 g/mol. The van der Waals surface area contributed by atoms with E-state index in [1.807, 2.05) is 0 Å². The van der Waals surface area contributed by atoms with Crippen LogP contribution in [0.4, 0.5) is 5.69 Å². The second-order valence-electron chi connectivity index (χ2n) is 4.34. The van der Waals surface area contributed by atoms with E-state index >= 15 is 0 Å². The van der Waals surface area contributed by atoms with Crippen molar-refractivity contribution in [3.05, 3.63) is 57.5 Å². The largest absolute Gasteiger partial charge is 0.479 e. The third-order valence-electron chi connectivity index (χ3n) is 2.64. The molecular formula is C15H12Cl3NO2. The number of anilines is 1. The summed E-state index contributed by atoms with van der Waals surface area (Å²) in [5.41, 5.74) is 0.507. The predicted molar refractivity (Wildman–Crippen MR) is 86.6 cm³/mol. The number of nitrogens with one attached hydrogen (secondary N) is 1. The maximum atomic E-state index is 12.1. The van der Waals surface area contributed by atoms with E-state index in [1.165, 1.54) is 0 Å². The molecule has 1 atom stereocenters. The summed E-state index contributed by atoms with van der Waals surface area (Å²) in [6, 6.07) is 11.8. The molecule has 2 aromatic rings. The van der Waals surface area contributed by atoms with Gasteiger partial charge in [0.05, 0.1) is 5.02 Å². The Balaban J connectivity index is 2.04. The Bertz CT molecular complexity index is 641. The fourth-order valence-electron chi connectivity index (χ4n) is 1.65. The monoisotopic (exact) mass is 343 g/mol. The number of carbonyl (C=O) groups is 1. The zero-order valence-electron chi connectivity index (χ0n) is 11.1. The van der Waals surface area contributed by atoms with Crippen molar-refractivity contribution < 1.29 is 9.53 Å². The van der Waals surface area contributed by atoms with E-state index in [0.717, 1.165) is 0 Å². The summed E-state index contributed by atoms with van der Waals surface area (Å²) in [5.74, 6) is 0.124. The number of ether oxygens (including phenoxy) is 1. The summed E-state index contributed by atoms with van der Waals surface area (Å²) in [4.78, 5) is 12.1. The highest BCUT2D eigenvalue weighted by molar-refractivity contribution is 6.35. The second-order valence-corrected chi connectivity index (χ2v) is 5.62. The van der Waals surface area contributed by atoms with Crippen LogP contribution in [0.25, 0.3) is 0 Å². The third kappa shape index (κ3) is 4.53. The van der Waals surface area contributed by atoms with E-state index in [4.69, 9.17) is 39.5 Å². The van der Waals surface area contributed by atoms with Crippen molar-refractivity contribution >= 4 is 46.4 Å². The molecule has 21 heavy (non-hydrogen) atoms. The van der Waals surface area contributed by atoms with Crippen LogP contribution in [0.3, 0.4) is 0 Å². The molecule has 6 heteroatoms. The summed E-state index contributed by atoms with van der Waals surface area (Å²) in [6.45, 7) is 1.63. The molecule has 0 radical (unpaired) electrons. The number of para-hydroxylation sites is 1. The van der Waals surface area contributed by atoms with Crippen LogP contribution in [0.15, 0.2) is 42.5 Å². The van der Waals surface area contributed by atoms with Gasteiger partial charge in [-0.05, 0) is 37.3 Å². The number of carbonyl (C=O) groups excluding carboxylic acids is 1. The molecule has 0 aliphatic carbocycles. The zero-order valence-corrected chi connectivity index (χ0v) is 13.3. The van der Waals surface area contributed by atoms with Gasteiger partial charge in [-0.1, -0.05) is 46.9 Å². The minimum atomic E-state index is -0.720. The van der Waals surface area contributed by atoms with Gasteiger partial charge in [-0.15, -0.1) is 0 Å². The van der Waals surface area contributed by atoms with Crippen LogP contribution in [0.5, 0.6) is 5.75 Å². The van der Waals surface area contributed by atoms with E-state index in [2.05, 4.69) is 5.32 Å². The highest BCUT2D eigenvalue weighted by atomic mass is 35.5. The average Bonchev–Trinajstić information content (AvgIpc) is 2.40. The van der Waals surface area contributed by atoms with Gasteiger partial charge in [-0.3, -0.25) is 4.79 Å². The van der Waals surface area contributed by atoms with Gasteiger partial charge in [-0.25, -0.2) is 0 Å². The first kappa shape index (κ1) is 16.0. The van der Waals surface area contributed by atoms with E-state index < -0.39 is 6.10 Å². The molecule has 0 spiro atoms. The second kappa shape index (κ2) is 7.03. The molecule has 0 saturated heterocycles. The molecule has 1 amide bonds. The molecular weight excluding hydrogens is 333 g/mol. The minimum Gasteiger partial charge on any atom is -0.479 e. The van der Waals surface area contributed by atoms with Crippen molar-refractivity contribution in [2.45, 2.75) is 13.0 Å². The number of benzene rings is 2. The van der Waals surface area contributed by atoms with E-state index in [-0.39, 0.29) is 5.91 Å². The Morgan fingerprint density at radius 2 is 1.71 bits per heavy atom. The minimum absolute atomic E-state index is 0.326. The number of hydrogen-bond donors (Lipinski definition) is 1. The van der Waals surface area contributed by atoms with Crippen LogP contribution in [-0.2, 0) is 4.79 Å². The molecule has 0 fully saturated rings. The molecule has 0 heterocycles. The van der Waals surface area contributed by atoms with Crippen molar-refractivity contribution in [3.8, 4) is 5.75 Å². The normalized spacial score (nSPS) is 11.8. The van der Waals surface area contributed by atoms with Crippen molar-refractivity contribution in [1.82, 2.24) is 0 Å². The number of hydrogen-bond acceptors (Lipinski definition) is 2. The van der Waals surface area contributed by atoms with Gasteiger partial charge in [0.15, 0.2) is 6.10 Å². The predicted octanol–water partition coefficient (Wildman–Crippen LogP) is 5.05. The topological polar surface area (TPSA) is 38.3 Å². The maximum Gasteiger partial charge on any atom is 0.265 e. The number of halogens is 3. The molecule has 2 rings (SSSR count). The number of amides is 1. The van der Waals surface area contributed by atoms with E-state index in [1.54, 1.807) is 49.4 Å². The Kier molecular flexibility index (Phi) is 5.34. The first-order valence-corrected chi connectivity index (χ1v) is 7.27. The molecule has 1 N–H and O–H groups in total. The van der Waals surface area contributed by atoms with Crippen molar-refractivity contribution in [1.29, 1.82) is 0 Å². The quantitative estimate of drug-likeness (QED) is 0.842. The molecule has 0 aromatic heterocycles. The summed E-state index contributed by atoms with van der Waals surface area (Å²) in [5, 5.41) is 4.02. The standard InChI is InChI=1S/C15H12Cl3NO2/c1-9(21-14-5-3-2-4-13(14)18)15(20)19-12-7-10(16)6-11(17)8-12/h2-9H,1H3,(H,19,20). The summed E-state index contributed by atoms with van der Waals surface area (Å²) in [7, 11) is 0. The third-order valence-corrected chi connectivity index (χ3v) is 3.39. The van der Waals surface area contributed by atoms with Gasteiger partial charge in [0.2, 0.25) is 0 Å². The van der Waals surface area contributed by atoms with Gasteiger partial charge in [0.1, 0.15) is 5.75 Å². The van der Waals surface area contributed by atoms with Crippen LogP contribution < -0.4 is 10.1 Å². The maximum absolute atomic E-state index is 12.1. The van der Waals surface area contributed by atoms with Crippen LogP contribution in [0.2, 0.25) is 15.1 Å². The molecule has 2 aromatic carbocycles. The van der Waals surface area contributed by atoms with Gasteiger partial charge in [0, 0.05) is 15.7 Å². The summed E-state index contributed by atoms with van der Waals surface area (Å²) >= 11 is 17.7. The molecule has 1 unspecified atom stereocenters. The zero-order chi connectivity index (χ0) is 15.4. The fourth-order valence-corrected chi connectivity index (χ4v) is 2.36. The van der Waals surface area contributed by atoms with Crippen LogP contribution in [-0.4, -0.2) is 12.0 Å². The fraction of sp³-hybridized carbons (Fsp3) is 0.133. The van der Waals surface area contributed by atoms with E-state index in [9.17, 15) is 4.79 Å². The molecule has 3 nitrogen and oxygen atoms in total. The van der Waals surface area contributed by atoms with Gasteiger partial charge in [-0.2, -0.15) is 0 Å². The lowest BCUT2D eigenvalue weighted by Crippen LogP contribution is -2.30. The molecule has 110 valence electrons. The molecule has 0 aliphatic heterocycles. The number of rotatable bonds is 4. The first-order valence-electron chi connectivity index (χ1n) is 6.14. The van der Waals surface area contributed by atoms with Crippen LogP contribution >= 0.6 is 34.8 Å². The van der Waals surface area contributed by atoms with Crippen molar-refractivity contribution in [2.24, 2.45) is 0 Å². The van der Waals surface area contributed by atoms with Crippen molar-refractivity contribution in [3.63, 3.8) is 0 Å². The van der Waals surface area contributed by atoms with Gasteiger partial charge >= 0.3 is 0 Å². The van der Waals surface area contributed by atoms with Gasteiger partial charge in [0.25, 0.3) is 5.91 Å². The molecule has 0 bridgehead atoms. The molecule has 0 aliphatic rings. The van der Waals surface area contributed by atoms with Crippen LogP contribution in [0, 0.1) is 0 Å². The van der Waals surface area contributed by atoms with Crippen LogP contribution in [0.1, 0.15) is 6.92 Å². The van der Waals surface area contributed by atoms with Gasteiger partial charge < -0.3 is 10.1 Å². The summed E-state index contributed by atoms with van der Waals surface area (Å²) < 4.78 is 5.53. The lowest BCUT2D eigenvalue weighted by Gasteiger charge is -2.15. The van der Waals surface area contributed by atoms with E-state index in [0.29, 0.717) is 26.5 Å². The smallest absolute Gasteiger partial charge is 0.265 e. The Labute approximate surface area is 137 Å². The molecule has 0 saturated carbocycles. The highest BCUT2D eigenvalue weighted by Crippen LogP contribution is 2.25.